The minimum absolute atomic E-state index is 0.0593. The summed E-state index contributed by atoms with van der Waals surface area (Å²) in [5, 5.41) is 18.4. The Hall–Kier alpha value is -3.01. The highest BCUT2D eigenvalue weighted by atomic mass is 32.1. The molecule has 0 aliphatic carbocycles. The average Bonchev–Trinajstić information content (AvgIpc) is 2.91. The molecule has 1 aromatic heterocycles. The topological polar surface area (TPSA) is 83.2 Å². The third kappa shape index (κ3) is 5.00. The fraction of sp³-hybridized carbons (Fsp3) is 0.278. The van der Waals surface area contributed by atoms with Crippen LogP contribution in [0.15, 0.2) is 29.1 Å². The third-order valence-corrected chi connectivity index (χ3v) is 4.73. The zero-order valence-corrected chi connectivity index (χ0v) is 15.5. The van der Waals surface area contributed by atoms with Crippen molar-refractivity contribution >= 4 is 23.0 Å². The molecule has 0 fully saturated rings. The molecule has 2 rings (SSSR count). The molecule has 0 unspecified atom stereocenters. The maximum absolute atomic E-state index is 12.8. The van der Waals surface area contributed by atoms with E-state index in [1.54, 1.807) is 30.3 Å². The third-order valence-electron chi connectivity index (χ3n) is 3.60. The van der Waals surface area contributed by atoms with E-state index in [2.05, 4.69) is 4.74 Å². The molecule has 140 valence electrons. The van der Waals surface area contributed by atoms with Crippen LogP contribution in [0.3, 0.4) is 0 Å². The van der Waals surface area contributed by atoms with Crippen molar-refractivity contribution in [3.8, 4) is 17.9 Å². The highest BCUT2D eigenvalue weighted by Gasteiger charge is 2.12. The number of likely N-dealkylation sites (N-methyl/N-ethyl adjacent to an activating group) is 1. The van der Waals surface area contributed by atoms with Gasteiger partial charge in [0.1, 0.15) is 22.6 Å². The van der Waals surface area contributed by atoms with E-state index in [1.807, 2.05) is 14.1 Å². The second kappa shape index (κ2) is 9.08. The van der Waals surface area contributed by atoms with Crippen molar-refractivity contribution in [3.05, 3.63) is 49.4 Å². The summed E-state index contributed by atoms with van der Waals surface area (Å²) < 4.78 is 31.5. The molecule has 0 spiro atoms. The number of hydrogen-bond acceptors (Lipinski definition) is 5. The molecule has 6 nitrogen and oxygen atoms in total. The second-order valence-electron chi connectivity index (χ2n) is 5.84. The zero-order chi connectivity index (χ0) is 20.0. The Morgan fingerprint density at radius 1 is 1.33 bits per heavy atom. The molecule has 0 aliphatic rings. The van der Waals surface area contributed by atoms with Crippen LogP contribution in [0.4, 0.5) is 8.78 Å². The van der Waals surface area contributed by atoms with E-state index < -0.39 is 6.61 Å². The predicted molar refractivity (Wildman–Crippen MR) is 96.8 cm³/mol. The van der Waals surface area contributed by atoms with Crippen LogP contribution in [0.25, 0.3) is 11.6 Å². The number of nitrogens with zero attached hydrogens (tertiary/aromatic N) is 3. The van der Waals surface area contributed by atoms with Crippen LogP contribution >= 0.6 is 11.3 Å². The van der Waals surface area contributed by atoms with Gasteiger partial charge in [-0.05, 0) is 12.1 Å². The number of halogens is 2. The standard InChI is InChI=1S/C18H16F2N4O2S/c1-23(2)7-8-24-16(25)15(27-17(24)13(10-21)11-22)9-12-5-3-4-6-14(12)26-18(19)20/h3-6,9,18H,7-8H2,1-2H3/p+1/b15-9+. The van der Waals surface area contributed by atoms with Crippen LogP contribution in [-0.2, 0) is 6.54 Å². The van der Waals surface area contributed by atoms with Gasteiger partial charge in [0, 0.05) is 5.56 Å². The molecule has 1 N–H and O–H groups in total. The van der Waals surface area contributed by atoms with Crippen molar-refractivity contribution in [2.45, 2.75) is 13.2 Å². The molecule has 0 atom stereocenters. The van der Waals surface area contributed by atoms with E-state index in [0.717, 1.165) is 16.2 Å². The number of aromatic nitrogens is 1. The lowest BCUT2D eigenvalue weighted by Gasteiger charge is -2.07. The molecule has 0 aliphatic heterocycles. The number of para-hydroxylation sites is 1. The Labute approximate surface area is 158 Å². The maximum Gasteiger partial charge on any atom is 0.387 e. The summed E-state index contributed by atoms with van der Waals surface area (Å²) >= 11 is 0.978. The van der Waals surface area contributed by atoms with Gasteiger partial charge in [-0.2, -0.15) is 19.3 Å². The van der Waals surface area contributed by atoms with Gasteiger partial charge < -0.3 is 9.64 Å². The van der Waals surface area contributed by atoms with E-state index in [4.69, 9.17) is 0 Å². The number of ether oxygens (including phenoxy) is 1. The fourth-order valence-corrected chi connectivity index (χ4v) is 3.38. The number of rotatable bonds is 6. The number of thiazole rings is 1. The monoisotopic (exact) mass is 391 g/mol. The summed E-state index contributed by atoms with van der Waals surface area (Å²) in [6.45, 7) is -2.06. The summed E-state index contributed by atoms with van der Waals surface area (Å²) in [6.07, 6.45) is 1.43. The number of hydrogen-bond donors (Lipinski definition) is 1. The Balaban J connectivity index is 2.71. The summed E-state index contributed by atoms with van der Waals surface area (Å²) in [5.41, 5.74) is -0.239. The van der Waals surface area contributed by atoms with Crippen molar-refractivity contribution in [3.63, 3.8) is 0 Å². The average molecular weight is 391 g/mol. The molecule has 2 aromatic rings. The Bertz CT molecular complexity index is 1060. The highest BCUT2D eigenvalue weighted by molar-refractivity contribution is 7.07. The van der Waals surface area contributed by atoms with Gasteiger partial charge in [0.25, 0.3) is 5.56 Å². The summed E-state index contributed by atoms with van der Waals surface area (Å²) in [5.74, 6) is -0.0593. The second-order valence-corrected chi connectivity index (χ2v) is 6.88. The molecule has 0 saturated carbocycles. The summed E-state index contributed by atoms with van der Waals surface area (Å²) in [6, 6.07) is 9.70. The summed E-state index contributed by atoms with van der Waals surface area (Å²) in [4.78, 5) is 13.9. The first kappa shape index (κ1) is 20.3. The van der Waals surface area contributed by atoms with E-state index in [1.165, 1.54) is 16.7 Å². The first-order valence-electron chi connectivity index (χ1n) is 7.96. The van der Waals surface area contributed by atoms with Gasteiger partial charge in [-0.25, -0.2) is 0 Å². The SMILES string of the molecule is C[NH+](C)CCn1c(=C(C#N)C#N)s/c(=C/c2ccccc2OC(F)F)c1=O. The van der Waals surface area contributed by atoms with Crippen molar-refractivity contribution in [1.29, 1.82) is 10.5 Å². The smallest absolute Gasteiger partial charge is 0.387 e. The normalized spacial score (nSPS) is 11.5. The van der Waals surface area contributed by atoms with Gasteiger partial charge >= 0.3 is 6.61 Å². The largest absolute Gasteiger partial charge is 0.434 e. The van der Waals surface area contributed by atoms with E-state index in [0.29, 0.717) is 18.7 Å². The first-order valence-corrected chi connectivity index (χ1v) is 8.77. The molecule has 0 radical (unpaired) electrons. The van der Waals surface area contributed by atoms with Gasteiger partial charge in [-0.15, -0.1) is 11.3 Å². The van der Waals surface area contributed by atoms with Crippen LogP contribution in [0.5, 0.6) is 5.75 Å². The predicted octanol–water partition coefficient (Wildman–Crippen LogP) is -0.318. The Kier molecular flexibility index (Phi) is 6.83. The quantitative estimate of drug-likeness (QED) is 0.732. The molecular weight excluding hydrogens is 374 g/mol. The van der Waals surface area contributed by atoms with Gasteiger partial charge in [-0.1, -0.05) is 18.2 Å². The van der Waals surface area contributed by atoms with Crippen LogP contribution in [0, 0.1) is 22.7 Å². The minimum atomic E-state index is -2.99. The maximum atomic E-state index is 12.8. The fourth-order valence-electron chi connectivity index (χ4n) is 2.31. The highest BCUT2D eigenvalue weighted by Crippen LogP contribution is 2.20. The Morgan fingerprint density at radius 2 is 2.00 bits per heavy atom. The van der Waals surface area contributed by atoms with Crippen molar-refractivity contribution in [2.75, 3.05) is 20.6 Å². The van der Waals surface area contributed by atoms with Gasteiger partial charge in [0.15, 0.2) is 5.57 Å². The lowest BCUT2D eigenvalue weighted by atomic mass is 10.2. The zero-order valence-electron chi connectivity index (χ0n) is 14.7. The van der Waals surface area contributed by atoms with Crippen LogP contribution in [-0.4, -0.2) is 31.8 Å². The number of quaternary nitrogens is 1. The lowest BCUT2D eigenvalue weighted by Crippen LogP contribution is -3.06. The number of nitriles is 2. The van der Waals surface area contributed by atoms with Gasteiger partial charge in [0.2, 0.25) is 0 Å². The molecule has 9 heteroatoms. The van der Waals surface area contributed by atoms with Gasteiger partial charge in [0.05, 0.1) is 31.7 Å². The van der Waals surface area contributed by atoms with Crippen molar-refractivity contribution in [2.24, 2.45) is 0 Å². The summed E-state index contributed by atoms with van der Waals surface area (Å²) in [7, 11) is 3.84. The van der Waals surface area contributed by atoms with E-state index >= 15 is 0 Å². The van der Waals surface area contributed by atoms with E-state index in [9.17, 15) is 24.1 Å². The van der Waals surface area contributed by atoms with Crippen molar-refractivity contribution in [1.82, 2.24) is 4.57 Å². The van der Waals surface area contributed by atoms with E-state index in [-0.39, 0.29) is 26.1 Å². The van der Waals surface area contributed by atoms with Crippen LogP contribution in [0.1, 0.15) is 5.56 Å². The number of nitrogens with one attached hydrogen (secondary N) is 1. The Morgan fingerprint density at radius 3 is 2.59 bits per heavy atom. The van der Waals surface area contributed by atoms with Crippen LogP contribution < -0.4 is 24.4 Å². The van der Waals surface area contributed by atoms with Crippen molar-refractivity contribution < 1.29 is 18.4 Å². The number of benzene rings is 1. The number of alkyl halides is 2. The molecular formula is C18H17F2N4O2S+. The van der Waals surface area contributed by atoms with Crippen LogP contribution in [0.2, 0.25) is 0 Å². The van der Waals surface area contributed by atoms with Gasteiger partial charge in [-0.3, -0.25) is 9.36 Å². The minimum Gasteiger partial charge on any atom is -0.434 e. The molecule has 0 bridgehead atoms. The first-order chi connectivity index (χ1) is 12.9. The molecule has 27 heavy (non-hydrogen) atoms. The molecule has 0 amide bonds. The molecule has 0 saturated heterocycles. The lowest BCUT2D eigenvalue weighted by molar-refractivity contribution is -0.858. The molecule has 1 heterocycles. The molecule has 1 aromatic carbocycles.